The van der Waals surface area contributed by atoms with E-state index in [1.165, 1.54) is 12.3 Å². The van der Waals surface area contributed by atoms with Crippen molar-refractivity contribution in [2.75, 3.05) is 4.72 Å². The molecule has 0 aliphatic carbocycles. The lowest BCUT2D eigenvalue weighted by molar-refractivity contribution is 0.597. The summed E-state index contributed by atoms with van der Waals surface area (Å²) in [5.41, 5.74) is 6.46. The van der Waals surface area contributed by atoms with Gasteiger partial charge < -0.3 is 5.73 Å². The molecule has 0 bridgehead atoms. The number of anilines is 1. The van der Waals surface area contributed by atoms with Crippen LogP contribution in [0.4, 0.5) is 5.69 Å². The third-order valence-corrected chi connectivity index (χ3v) is 3.71. The minimum atomic E-state index is -3.66. The van der Waals surface area contributed by atoms with E-state index in [-0.39, 0.29) is 10.0 Å². The average Bonchev–Trinajstić information content (AvgIpc) is 2.82. The summed E-state index contributed by atoms with van der Waals surface area (Å²) in [5.74, 6) is 0. The van der Waals surface area contributed by atoms with Crippen LogP contribution in [0.1, 0.15) is 5.56 Å². The zero-order valence-corrected chi connectivity index (χ0v) is 10.8. The van der Waals surface area contributed by atoms with Crippen LogP contribution in [0.25, 0.3) is 0 Å². The molecule has 0 radical (unpaired) electrons. The number of rotatable bonds is 4. The Hall–Kier alpha value is -1.93. The zero-order valence-electron chi connectivity index (χ0n) is 9.12. The number of hydrogen-bond donors (Lipinski definition) is 3. The minimum absolute atomic E-state index is 0.0109. The van der Waals surface area contributed by atoms with Crippen LogP contribution in [0.5, 0.6) is 0 Å². The number of sulfonamides is 1. The van der Waals surface area contributed by atoms with Gasteiger partial charge in [0.15, 0.2) is 5.03 Å². The summed E-state index contributed by atoms with van der Waals surface area (Å²) >= 11 is 4.83. The predicted octanol–water partition coefficient (Wildman–Crippen LogP) is 0.845. The molecule has 94 valence electrons. The quantitative estimate of drug-likeness (QED) is 0.722. The number of aromatic nitrogens is 2. The van der Waals surface area contributed by atoms with Crippen molar-refractivity contribution < 1.29 is 8.42 Å². The highest BCUT2D eigenvalue weighted by molar-refractivity contribution is 7.92. The highest BCUT2D eigenvalue weighted by Gasteiger charge is 2.15. The van der Waals surface area contributed by atoms with Crippen LogP contribution in [-0.4, -0.2) is 23.6 Å². The van der Waals surface area contributed by atoms with Crippen molar-refractivity contribution in [3.8, 4) is 0 Å². The van der Waals surface area contributed by atoms with Crippen molar-refractivity contribution in [2.24, 2.45) is 5.73 Å². The van der Waals surface area contributed by atoms with Gasteiger partial charge in [-0.05, 0) is 18.2 Å². The molecule has 0 aliphatic rings. The fraction of sp³-hybridized carbons (Fsp3) is 0. The van der Waals surface area contributed by atoms with Gasteiger partial charge in [0.1, 0.15) is 4.99 Å². The highest BCUT2D eigenvalue weighted by atomic mass is 32.2. The topological polar surface area (TPSA) is 101 Å². The lowest BCUT2D eigenvalue weighted by Crippen LogP contribution is -2.15. The first kappa shape index (κ1) is 12.5. The van der Waals surface area contributed by atoms with E-state index in [1.54, 1.807) is 24.3 Å². The summed E-state index contributed by atoms with van der Waals surface area (Å²) in [6, 6.07) is 7.90. The molecule has 1 aromatic carbocycles. The molecule has 0 saturated heterocycles. The number of nitrogens with zero attached hydrogens (tertiary/aromatic N) is 1. The maximum Gasteiger partial charge on any atom is 0.278 e. The number of thiocarbonyl (C=S) groups is 1. The van der Waals surface area contributed by atoms with Gasteiger partial charge in [-0.25, -0.2) is 0 Å². The van der Waals surface area contributed by atoms with E-state index >= 15 is 0 Å². The van der Waals surface area contributed by atoms with E-state index in [2.05, 4.69) is 14.9 Å². The Morgan fingerprint density at radius 3 is 2.78 bits per heavy atom. The normalized spacial score (nSPS) is 11.1. The van der Waals surface area contributed by atoms with Gasteiger partial charge in [-0.1, -0.05) is 24.4 Å². The van der Waals surface area contributed by atoms with Crippen molar-refractivity contribution in [1.29, 1.82) is 0 Å². The Morgan fingerprint density at radius 1 is 1.39 bits per heavy atom. The van der Waals surface area contributed by atoms with Crippen molar-refractivity contribution in [1.82, 2.24) is 10.2 Å². The van der Waals surface area contributed by atoms with E-state index < -0.39 is 10.0 Å². The summed E-state index contributed by atoms with van der Waals surface area (Å²) in [4.78, 5) is 0.206. The van der Waals surface area contributed by atoms with Crippen molar-refractivity contribution in [3.05, 3.63) is 42.1 Å². The third kappa shape index (κ3) is 2.66. The monoisotopic (exact) mass is 282 g/mol. The summed E-state index contributed by atoms with van der Waals surface area (Å²) in [7, 11) is -3.66. The molecule has 0 fully saturated rings. The van der Waals surface area contributed by atoms with E-state index in [0.29, 0.717) is 11.3 Å². The second kappa shape index (κ2) is 4.75. The molecule has 1 aromatic heterocycles. The third-order valence-electron chi connectivity index (χ3n) is 2.16. The van der Waals surface area contributed by atoms with Crippen LogP contribution in [0.3, 0.4) is 0 Å². The Bertz CT molecular complexity index is 665. The summed E-state index contributed by atoms with van der Waals surface area (Å²) in [6.45, 7) is 0. The molecule has 0 unspecified atom stereocenters. The second-order valence-electron chi connectivity index (χ2n) is 3.47. The molecule has 18 heavy (non-hydrogen) atoms. The number of nitrogens with two attached hydrogens (primary N) is 1. The SMILES string of the molecule is NC(=S)c1cccc(NS(=O)(=O)c2ccn[nH]2)c1. The molecule has 4 N–H and O–H groups in total. The molecule has 0 amide bonds. The van der Waals surface area contributed by atoms with Gasteiger partial charge in [-0.2, -0.15) is 13.5 Å². The van der Waals surface area contributed by atoms with Gasteiger partial charge in [0, 0.05) is 11.3 Å². The molecule has 2 rings (SSSR count). The molecule has 0 atom stereocenters. The number of H-pyrrole nitrogens is 1. The first-order valence-electron chi connectivity index (χ1n) is 4.91. The molecular formula is C10H10N4O2S2. The van der Waals surface area contributed by atoms with Crippen LogP contribution < -0.4 is 10.5 Å². The van der Waals surface area contributed by atoms with Gasteiger partial charge in [-0.3, -0.25) is 9.82 Å². The first-order valence-corrected chi connectivity index (χ1v) is 6.80. The van der Waals surface area contributed by atoms with E-state index in [1.807, 2.05) is 0 Å². The summed E-state index contributed by atoms with van der Waals surface area (Å²) in [5, 5.41) is 5.96. The first-order chi connectivity index (χ1) is 8.49. The van der Waals surface area contributed by atoms with Crippen molar-refractivity contribution >= 4 is 32.9 Å². The molecule has 1 heterocycles. The van der Waals surface area contributed by atoms with Crippen LogP contribution in [0.15, 0.2) is 41.6 Å². The minimum Gasteiger partial charge on any atom is -0.389 e. The van der Waals surface area contributed by atoms with Gasteiger partial charge in [0.2, 0.25) is 0 Å². The van der Waals surface area contributed by atoms with E-state index in [0.717, 1.165) is 0 Å². The standard InChI is InChI=1S/C10H10N4O2S2/c11-10(17)7-2-1-3-8(6-7)14-18(15,16)9-4-5-12-13-9/h1-6,14H,(H2,11,17)(H,12,13). The fourth-order valence-corrected chi connectivity index (χ4v) is 2.43. The Morgan fingerprint density at radius 2 is 2.17 bits per heavy atom. The molecule has 0 saturated carbocycles. The number of hydrogen-bond acceptors (Lipinski definition) is 4. The molecular weight excluding hydrogens is 272 g/mol. The van der Waals surface area contributed by atoms with Crippen LogP contribution in [0, 0.1) is 0 Å². The molecule has 0 aliphatic heterocycles. The molecule has 8 heteroatoms. The lowest BCUT2D eigenvalue weighted by atomic mass is 10.2. The number of benzene rings is 1. The molecule has 0 spiro atoms. The molecule has 6 nitrogen and oxygen atoms in total. The van der Waals surface area contributed by atoms with Crippen LogP contribution in [0.2, 0.25) is 0 Å². The van der Waals surface area contributed by atoms with Crippen LogP contribution >= 0.6 is 12.2 Å². The lowest BCUT2D eigenvalue weighted by Gasteiger charge is -2.07. The summed E-state index contributed by atoms with van der Waals surface area (Å²) < 4.78 is 26.2. The van der Waals surface area contributed by atoms with E-state index in [4.69, 9.17) is 18.0 Å². The average molecular weight is 282 g/mol. The maximum atomic E-state index is 11.9. The Balaban J connectivity index is 2.30. The fourth-order valence-electron chi connectivity index (χ4n) is 1.34. The highest BCUT2D eigenvalue weighted by Crippen LogP contribution is 2.15. The Labute approximate surface area is 109 Å². The molecule has 2 aromatic rings. The largest absolute Gasteiger partial charge is 0.389 e. The van der Waals surface area contributed by atoms with Gasteiger partial charge in [0.25, 0.3) is 10.0 Å². The van der Waals surface area contributed by atoms with Crippen molar-refractivity contribution in [3.63, 3.8) is 0 Å². The summed E-state index contributed by atoms with van der Waals surface area (Å²) in [6.07, 6.45) is 1.36. The zero-order chi connectivity index (χ0) is 13.2. The van der Waals surface area contributed by atoms with Gasteiger partial charge in [-0.15, -0.1) is 0 Å². The Kier molecular flexibility index (Phi) is 3.30. The van der Waals surface area contributed by atoms with Gasteiger partial charge in [0.05, 0.1) is 6.20 Å². The smallest absolute Gasteiger partial charge is 0.278 e. The van der Waals surface area contributed by atoms with Gasteiger partial charge >= 0.3 is 0 Å². The number of aromatic amines is 1. The predicted molar refractivity (Wildman–Crippen MR) is 71.7 cm³/mol. The second-order valence-corrected chi connectivity index (χ2v) is 5.56. The van der Waals surface area contributed by atoms with Crippen molar-refractivity contribution in [2.45, 2.75) is 5.03 Å². The maximum absolute atomic E-state index is 11.9. The van der Waals surface area contributed by atoms with Crippen LogP contribution in [-0.2, 0) is 10.0 Å². The van der Waals surface area contributed by atoms with E-state index in [9.17, 15) is 8.42 Å². The number of nitrogens with one attached hydrogen (secondary N) is 2.